The van der Waals surface area contributed by atoms with Crippen LogP contribution < -0.4 is 0 Å². The Hall–Kier alpha value is 0.630. The lowest BCUT2D eigenvalue weighted by atomic mass is 10.2. The molecule has 10 heavy (non-hydrogen) atoms. The van der Waals surface area contributed by atoms with E-state index in [1.807, 2.05) is 0 Å². The maximum absolute atomic E-state index is 10.6. The minimum absolute atomic E-state index is 0.0130. The van der Waals surface area contributed by atoms with E-state index in [0.717, 1.165) is 12.8 Å². The van der Waals surface area contributed by atoms with E-state index in [2.05, 4.69) is 38.8 Å². The van der Waals surface area contributed by atoms with Crippen LogP contribution in [0.3, 0.4) is 0 Å². The first-order chi connectivity index (χ1) is 4.68. The zero-order chi connectivity index (χ0) is 7.98. The van der Waals surface area contributed by atoms with Crippen molar-refractivity contribution >= 4 is 36.6 Å². The predicted molar refractivity (Wildman–Crippen MR) is 50.8 cm³/mol. The van der Waals surface area contributed by atoms with Crippen molar-refractivity contribution in [3.05, 3.63) is 0 Å². The van der Waals surface area contributed by atoms with Gasteiger partial charge in [0.1, 0.15) is 0 Å². The lowest BCUT2D eigenvalue weighted by Crippen LogP contribution is -2.05. The Morgan fingerprint density at radius 2 is 2.10 bits per heavy atom. The third-order valence-electron chi connectivity index (χ3n) is 1.31. The third-order valence-corrected chi connectivity index (χ3v) is 3.35. The van der Waals surface area contributed by atoms with Gasteiger partial charge in [-0.2, -0.15) is 0 Å². The highest BCUT2D eigenvalue weighted by atomic mass is 79.9. The van der Waals surface area contributed by atoms with Crippen LogP contribution in [-0.4, -0.2) is 9.52 Å². The fourth-order valence-corrected chi connectivity index (χ4v) is 1.24. The average molecular weight is 272 g/mol. The Balaban J connectivity index is 3.21. The van der Waals surface area contributed by atoms with Gasteiger partial charge in [0.2, 0.25) is 4.69 Å². The van der Waals surface area contributed by atoms with E-state index < -0.39 is 0 Å². The first-order valence-electron chi connectivity index (χ1n) is 3.52. The van der Waals surface area contributed by atoms with Gasteiger partial charge in [-0.1, -0.05) is 42.1 Å². The van der Waals surface area contributed by atoms with E-state index in [9.17, 15) is 4.79 Å². The van der Waals surface area contributed by atoms with E-state index >= 15 is 0 Å². The largest absolute Gasteiger partial charge is 0.285 e. The second kappa shape index (κ2) is 6.35. The van der Waals surface area contributed by atoms with Crippen LogP contribution in [0.15, 0.2) is 0 Å². The van der Waals surface area contributed by atoms with E-state index in [4.69, 9.17) is 0 Å². The number of hydrogen-bond acceptors (Lipinski definition) is 1. The van der Waals surface area contributed by atoms with Gasteiger partial charge in [-0.15, -0.1) is 0 Å². The van der Waals surface area contributed by atoms with Crippen LogP contribution in [0.4, 0.5) is 0 Å². The average Bonchev–Trinajstić information content (AvgIpc) is 1.88. The van der Waals surface area contributed by atoms with Gasteiger partial charge in [0.15, 0.2) is 0 Å². The maximum atomic E-state index is 10.6. The smallest absolute Gasteiger partial charge is 0.211 e. The summed E-state index contributed by atoms with van der Waals surface area (Å²) >= 11 is 6.18. The Morgan fingerprint density at radius 3 is 2.50 bits per heavy atom. The monoisotopic (exact) mass is 270 g/mol. The minimum Gasteiger partial charge on any atom is -0.285 e. The summed E-state index contributed by atoms with van der Waals surface area (Å²) in [5.74, 6) is 0. The molecule has 0 amide bonds. The number of alkyl halides is 1. The minimum atomic E-state index is 0.0130. The van der Waals surface area contributed by atoms with Crippen molar-refractivity contribution < 1.29 is 4.79 Å². The van der Waals surface area contributed by atoms with Crippen LogP contribution in [-0.2, 0) is 4.79 Å². The van der Waals surface area contributed by atoms with Crippen molar-refractivity contribution in [2.45, 2.75) is 37.4 Å². The van der Waals surface area contributed by atoms with Crippen molar-refractivity contribution in [3.63, 3.8) is 0 Å². The second-order valence-corrected chi connectivity index (χ2v) is 4.15. The molecule has 0 aliphatic carbocycles. The molecule has 0 aromatic carbocycles. The summed E-state index contributed by atoms with van der Waals surface area (Å²) in [6.07, 6.45) is 4.49. The van der Waals surface area contributed by atoms with Crippen molar-refractivity contribution in [3.8, 4) is 0 Å². The zero-order valence-corrected chi connectivity index (χ0v) is 9.24. The molecule has 0 saturated heterocycles. The molecule has 0 rings (SSSR count). The fourth-order valence-electron chi connectivity index (χ4n) is 0.687. The fraction of sp³-hybridized carbons (Fsp3) is 0.857. The number of carbonyl (C=O) groups excluding carboxylic acids is 1. The molecular weight excluding hydrogens is 260 g/mol. The zero-order valence-electron chi connectivity index (χ0n) is 6.07. The molecule has 0 aliphatic heterocycles. The summed E-state index contributed by atoms with van der Waals surface area (Å²) in [6, 6.07) is 0. The van der Waals surface area contributed by atoms with Gasteiger partial charge in [0.05, 0.1) is 4.83 Å². The van der Waals surface area contributed by atoms with Gasteiger partial charge < -0.3 is 0 Å². The van der Waals surface area contributed by atoms with Gasteiger partial charge in [0, 0.05) is 0 Å². The summed E-state index contributed by atoms with van der Waals surface area (Å²) in [4.78, 5) is 10.6. The van der Waals surface area contributed by atoms with Gasteiger partial charge in [-0.05, 0) is 22.4 Å². The molecular formula is C7H12Br2O. The first kappa shape index (κ1) is 10.6. The molecule has 0 aromatic rings. The Bertz CT molecular complexity index is 104. The highest BCUT2D eigenvalue weighted by Crippen LogP contribution is 2.14. The van der Waals surface area contributed by atoms with E-state index in [1.54, 1.807) is 0 Å². The Morgan fingerprint density at radius 1 is 1.50 bits per heavy atom. The number of unbranched alkanes of at least 4 members (excludes halogenated alkanes) is 2. The van der Waals surface area contributed by atoms with Crippen LogP contribution in [0.1, 0.15) is 32.6 Å². The molecule has 0 aromatic heterocycles. The van der Waals surface area contributed by atoms with Crippen LogP contribution >= 0.6 is 31.9 Å². The summed E-state index contributed by atoms with van der Waals surface area (Å²) in [6.45, 7) is 2.15. The van der Waals surface area contributed by atoms with E-state index in [1.165, 1.54) is 12.8 Å². The molecule has 0 aliphatic rings. The molecule has 0 bridgehead atoms. The van der Waals surface area contributed by atoms with Crippen molar-refractivity contribution in [2.75, 3.05) is 0 Å². The maximum Gasteiger partial charge on any atom is 0.211 e. The lowest BCUT2D eigenvalue weighted by Gasteiger charge is -2.01. The predicted octanol–water partition coefficient (Wildman–Crippen LogP) is 3.25. The van der Waals surface area contributed by atoms with Gasteiger partial charge in [-0.25, -0.2) is 0 Å². The number of carbonyl (C=O) groups is 1. The summed E-state index contributed by atoms with van der Waals surface area (Å²) in [5.41, 5.74) is 0. The topological polar surface area (TPSA) is 17.1 Å². The third kappa shape index (κ3) is 5.42. The van der Waals surface area contributed by atoms with Gasteiger partial charge in [0.25, 0.3) is 0 Å². The summed E-state index contributed by atoms with van der Waals surface area (Å²) < 4.78 is 0.0589. The molecule has 0 heterocycles. The van der Waals surface area contributed by atoms with Crippen molar-refractivity contribution in [2.24, 2.45) is 0 Å². The molecule has 0 saturated carbocycles. The van der Waals surface area contributed by atoms with Crippen molar-refractivity contribution in [1.29, 1.82) is 0 Å². The molecule has 3 heteroatoms. The van der Waals surface area contributed by atoms with Crippen molar-refractivity contribution in [1.82, 2.24) is 0 Å². The standard InChI is InChI=1S/C7H12Br2O/c1-2-3-4-5-6(8)7(9)10/h6H,2-5H2,1H3. The molecule has 1 nitrogen and oxygen atoms in total. The summed E-state index contributed by atoms with van der Waals surface area (Å²) in [7, 11) is 0. The Labute approximate surface area is 78.8 Å². The highest BCUT2D eigenvalue weighted by molar-refractivity contribution is 9.20. The molecule has 1 atom stereocenters. The molecule has 0 spiro atoms. The highest BCUT2D eigenvalue weighted by Gasteiger charge is 2.09. The lowest BCUT2D eigenvalue weighted by molar-refractivity contribution is -0.109. The molecule has 0 radical (unpaired) electrons. The quantitative estimate of drug-likeness (QED) is 0.426. The van der Waals surface area contributed by atoms with E-state index in [-0.39, 0.29) is 9.52 Å². The van der Waals surface area contributed by atoms with Gasteiger partial charge in [-0.3, -0.25) is 4.79 Å². The first-order valence-corrected chi connectivity index (χ1v) is 5.22. The van der Waals surface area contributed by atoms with E-state index in [0.29, 0.717) is 0 Å². The van der Waals surface area contributed by atoms with Gasteiger partial charge >= 0.3 is 0 Å². The SMILES string of the molecule is CCCCCC(Br)C(=O)Br. The number of rotatable bonds is 5. The molecule has 1 unspecified atom stereocenters. The Kier molecular flexibility index (Phi) is 6.75. The number of hydrogen-bond donors (Lipinski definition) is 0. The molecule has 60 valence electrons. The van der Waals surface area contributed by atoms with Crippen LogP contribution in [0.5, 0.6) is 0 Å². The molecule has 0 N–H and O–H groups in total. The van der Waals surface area contributed by atoms with Crippen LogP contribution in [0.25, 0.3) is 0 Å². The normalized spacial score (nSPS) is 13.1. The van der Waals surface area contributed by atoms with Crippen LogP contribution in [0, 0.1) is 0 Å². The molecule has 0 fully saturated rings. The number of halogens is 2. The summed E-state index contributed by atoms with van der Waals surface area (Å²) in [5, 5.41) is 0. The van der Waals surface area contributed by atoms with Crippen LogP contribution in [0.2, 0.25) is 0 Å². The second-order valence-electron chi connectivity index (χ2n) is 2.27.